The van der Waals surface area contributed by atoms with Crippen LogP contribution in [-0.4, -0.2) is 58.3 Å². The fourth-order valence-electron chi connectivity index (χ4n) is 4.85. The second kappa shape index (κ2) is 16.4. The molecule has 45 heavy (non-hydrogen) atoms. The summed E-state index contributed by atoms with van der Waals surface area (Å²) in [5.74, 6) is -0.527. The highest BCUT2D eigenvalue weighted by Gasteiger charge is 2.37. The first-order valence-electron chi connectivity index (χ1n) is 15.2. The number of amides is 3. The topological polar surface area (TPSA) is 137 Å². The van der Waals surface area contributed by atoms with Gasteiger partial charge in [-0.1, -0.05) is 56.5 Å². The van der Waals surface area contributed by atoms with Gasteiger partial charge in [-0.05, 0) is 75.2 Å². The minimum atomic E-state index is -1.23. The molecule has 0 aliphatic heterocycles. The molecule has 0 bridgehead atoms. The highest BCUT2D eigenvalue weighted by atomic mass is 16.6. The molecule has 10 heteroatoms. The number of rotatable bonds is 14. The van der Waals surface area contributed by atoms with Crippen molar-refractivity contribution in [2.24, 2.45) is 0 Å². The molecule has 0 fully saturated rings. The number of carbonyl (C=O) groups excluding carboxylic acids is 3. The van der Waals surface area contributed by atoms with Crippen molar-refractivity contribution in [3.05, 3.63) is 83.9 Å². The molecule has 242 valence electrons. The summed E-state index contributed by atoms with van der Waals surface area (Å²) in [5, 5.41) is 26.3. The first kappa shape index (κ1) is 34.8. The summed E-state index contributed by atoms with van der Waals surface area (Å²) >= 11 is 0. The number of benzene rings is 3. The number of unbranched alkanes of at least 4 members (excludes halogenated alkanes) is 3. The van der Waals surface area contributed by atoms with Gasteiger partial charge in [-0.15, -0.1) is 0 Å². The second-order valence-corrected chi connectivity index (χ2v) is 11.8. The van der Waals surface area contributed by atoms with Crippen LogP contribution in [0.5, 0.6) is 17.2 Å². The summed E-state index contributed by atoms with van der Waals surface area (Å²) < 4.78 is 10.7. The Balaban J connectivity index is 2.07. The maximum absolute atomic E-state index is 14.6. The van der Waals surface area contributed by atoms with E-state index in [1.54, 1.807) is 82.5 Å². The summed E-state index contributed by atoms with van der Waals surface area (Å²) in [6, 6.07) is 17.1. The van der Waals surface area contributed by atoms with Gasteiger partial charge in [-0.2, -0.15) is 0 Å². The second-order valence-electron chi connectivity index (χ2n) is 11.8. The number of nitrogens with one attached hydrogen (secondary N) is 2. The molecule has 3 aromatic carbocycles. The number of phenolic OH excluding ortho intramolecular Hbond substituents is 2. The number of alkyl carbamates (subject to hydrolysis) is 1. The van der Waals surface area contributed by atoms with Gasteiger partial charge in [0.15, 0.2) is 0 Å². The van der Waals surface area contributed by atoms with Gasteiger partial charge >= 0.3 is 6.09 Å². The van der Waals surface area contributed by atoms with Gasteiger partial charge in [-0.3, -0.25) is 9.59 Å². The molecule has 0 heterocycles. The lowest BCUT2D eigenvalue weighted by Crippen LogP contribution is -2.53. The first-order chi connectivity index (χ1) is 21.4. The standard InChI is InChI=1S/C35H45N3O7/c1-6-7-8-11-22-38(33(42)29(37-34(43)45-35(2,3)4)23-24-14-18-26(39)19-15-24)31(28-12-9-10-13-30(28)40)32(41)36-25-16-20-27(44-5)21-17-25/h9-10,12-21,29,31,39-40H,6-8,11,22-23H2,1-5H3,(H,36,41)(H,37,43). The van der Waals surface area contributed by atoms with Gasteiger partial charge in [0, 0.05) is 24.2 Å². The zero-order chi connectivity index (χ0) is 33.0. The third-order valence-corrected chi connectivity index (χ3v) is 7.05. The van der Waals surface area contributed by atoms with E-state index in [1.165, 1.54) is 23.1 Å². The number of methoxy groups -OCH3 is 1. The molecular weight excluding hydrogens is 574 g/mol. The number of para-hydroxylation sites is 1. The lowest BCUT2D eigenvalue weighted by molar-refractivity contribution is -0.141. The van der Waals surface area contributed by atoms with Crippen molar-refractivity contribution in [1.82, 2.24) is 10.2 Å². The maximum atomic E-state index is 14.6. The van der Waals surface area contributed by atoms with E-state index in [9.17, 15) is 24.6 Å². The minimum absolute atomic E-state index is 0.0640. The van der Waals surface area contributed by atoms with E-state index in [0.29, 0.717) is 23.4 Å². The molecule has 2 atom stereocenters. The molecular formula is C35H45N3O7. The molecule has 0 spiro atoms. The van der Waals surface area contributed by atoms with Crippen LogP contribution in [0.3, 0.4) is 0 Å². The van der Waals surface area contributed by atoms with Crippen LogP contribution in [0.15, 0.2) is 72.8 Å². The van der Waals surface area contributed by atoms with E-state index < -0.39 is 35.6 Å². The fourth-order valence-corrected chi connectivity index (χ4v) is 4.85. The van der Waals surface area contributed by atoms with Crippen LogP contribution in [0, 0.1) is 0 Å². The summed E-state index contributed by atoms with van der Waals surface area (Å²) in [7, 11) is 1.55. The van der Waals surface area contributed by atoms with Crippen LogP contribution in [0.4, 0.5) is 10.5 Å². The Morgan fingerprint density at radius 1 is 0.889 bits per heavy atom. The molecule has 0 radical (unpaired) electrons. The Hall–Kier alpha value is -4.73. The van der Waals surface area contributed by atoms with E-state index >= 15 is 0 Å². The monoisotopic (exact) mass is 619 g/mol. The zero-order valence-corrected chi connectivity index (χ0v) is 26.7. The lowest BCUT2D eigenvalue weighted by atomic mass is 9.99. The highest BCUT2D eigenvalue weighted by Crippen LogP contribution is 2.32. The van der Waals surface area contributed by atoms with Crippen molar-refractivity contribution in [3.63, 3.8) is 0 Å². The molecule has 0 saturated carbocycles. The number of anilines is 1. The average molecular weight is 620 g/mol. The van der Waals surface area contributed by atoms with Crippen LogP contribution in [0.1, 0.15) is 70.5 Å². The van der Waals surface area contributed by atoms with Gasteiger partial charge in [0.2, 0.25) is 5.91 Å². The van der Waals surface area contributed by atoms with Gasteiger partial charge in [0.05, 0.1) is 7.11 Å². The number of phenols is 2. The third-order valence-electron chi connectivity index (χ3n) is 7.05. The van der Waals surface area contributed by atoms with Crippen molar-refractivity contribution in [2.75, 3.05) is 19.0 Å². The van der Waals surface area contributed by atoms with Crippen molar-refractivity contribution in [2.45, 2.75) is 77.5 Å². The van der Waals surface area contributed by atoms with Gasteiger partial charge in [-0.25, -0.2) is 4.79 Å². The summed E-state index contributed by atoms with van der Waals surface area (Å²) in [5.41, 5.74) is 0.585. The van der Waals surface area contributed by atoms with Crippen molar-refractivity contribution >= 4 is 23.6 Å². The molecule has 0 aromatic heterocycles. The number of hydrogen-bond acceptors (Lipinski definition) is 7. The minimum Gasteiger partial charge on any atom is -0.508 e. The number of hydrogen-bond donors (Lipinski definition) is 4. The predicted molar refractivity (Wildman–Crippen MR) is 173 cm³/mol. The fraction of sp³-hybridized carbons (Fsp3) is 0.400. The van der Waals surface area contributed by atoms with Gasteiger partial charge in [0.1, 0.15) is 34.9 Å². The Morgan fingerprint density at radius 3 is 2.16 bits per heavy atom. The average Bonchev–Trinajstić information content (AvgIpc) is 2.99. The van der Waals surface area contributed by atoms with E-state index in [1.807, 2.05) is 0 Å². The van der Waals surface area contributed by atoms with Crippen LogP contribution >= 0.6 is 0 Å². The largest absolute Gasteiger partial charge is 0.508 e. The van der Waals surface area contributed by atoms with E-state index in [2.05, 4.69) is 17.6 Å². The maximum Gasteiger partial charge on any atom is 0.408 e. The van der Waals surface area contributed by atoms with Crippen LogP contribution in [0.25, 0.3) is 0 Å². The molecule has 4 N–H and O–H groups in total. The summed E-state index contributed by atoms with van der Waals surface area (Å²) in [6.45, 7) is 7.44. The Labute approximate surface area is 265 Å². The van der Waals surface area contributed by atoms with Gasteiger partial charge in [0.25, 0.3) is 5.91 Å². The molecule has 3 amide bonds. The molecule has 3 rings (SSSR count). The summed E-state index contributed by atoms with van der Waals surface area (Å²) in [6.07, 6.45) is 2.60. The van der Waals surface area contributed by atoms with E-state index in [4.69, 9.17) is 9.47 Å². The lowest BCUT2D eigenvalue weighted by Gasteiger charge is -2.35. The molecule has 0 aliphatic rings. The molecule has 0 saturated heterocycles. The molecule has 10 nitrogen and oxygen atoms in total. The highest BCUT2D eigenvalue weighted by molar-refractivity contribution is 5.99. The predicted octanol–water partition coefficient (Wildman–Crippen LogP) is 6.33. The zero-order valence-electron chi connectivity index (χ0n) is 26.7. The number of ether oxygens (including phenoxy) is 2. The Morgan fingerprint density at radius 2 is 1.56 bits per heavy atom. The molecule has 2 unspecified atom stereocenters. The summed E-state index contributed by atoms with van der Waals surface area (Å²) in [4.78, 5) is 43.1. The number of nitrogens with zero attached hydrogens (tertiary/aromatic N) is 1. The SMILES string of the molecule is CCCCCCN(C(=O)C(Cc1ccc(O)cc1)NC(=O)OC(C)(C)C)C(C(=O)Nc1ccc(OC)cc1)c1ccccc1O. The number of aromatic hydroxyl groups is 2. The van der Waals surface area contributed by atoms with Crippen LogP contribution < -0.4 is 15.4 Å². The van der Waals surface area contributed by atoms with Crippen LogP contribution in [-0.2, 0) is 20.7 Å². The number of carbonyl (C=O) groups is 3. The first-order valence-corrected chi connectivity index (χ1v) is 15.2. The van der Waals surface area contributed by atoms with E-state index in [-0.39, 0.29) is 30.0 Å². The van der Waals surface area contributed by atoms with Crippen LogP contribution in [0.2, 0.25) is 0 Å². The Kier molecular flexibility index (Phi) is 12.6. The smallest absolute Gasteiger partial charge is 0.408 e. The Bertz CT molecular complexity index is 1400. The van der Waals surface area contributed by atoms with Crippen molar-refractivity contribution in [3.8, 4) is 17.2 Å². The molecule has 0 aliphatic carbocycles. The van der Waals surface area contributed by atoms with Crippen molar-refractivity contribution in [1.29, 1.82) is 0 Å². The molecule has 3 aromatic rings. The van der Waals surface area contributed by atoms with Gasteiger partial charge < -0.3 is 35.2 Å². The normalized spacial score (nSPS) is 12.5. The van der Waals surface area contributed by atoms with E-state index in [0.717, 1.165) is 19.3 Å². The van der Waals surface area contributed by atoms with Crippen molar-refractivity contribution < 1.29 is 34.1 Å². The third kappa shape index (κ3) is 10.7. The quantitative estimate of drug-likeness (QED) is 0.155.